The lowest BCUT2D eigenvalue weighted by atomic mass is 10.1. The van der Waals surface area contributed by atoms with Gasteiger partial charge in [0.1, 0.15) is 17.2 Å². The number of fused-ring (bicyclic) bond motifs is 1. The molecule has 2 aromatic rings. The molecule has 0 fully saturated rings. The van der Waals surface area contributed by atoms with Crippen LogP contribution < -0.4 is 0 Å². The lowest BCUT2D eigenvalue weighted by Crippen LogP contribution is -2.27. The van der Waals surface area contributed by atoms with Crippen molar-refractivity contribution in [3.05, 3.63) is 35.6 Å². The van der Waals surface area contributed by atoms with Gasteiger partial charge in [-0.05, 0) is 13.0 Å². The van der Waals surface area contributed by atoms with Crippen molar-refractivity contribution in [2.45, 2.75) is 13.5 Å². The van der Waals surface area contributed by atoms with E-state index in [-0.39, 0.29) is 11.8 Å². The number of amides is 1. The largest absolute Gasteiger partial charge is 0.461 e. The number of hydrogen-bond acceptors (Lipinski definition) is 2. The Hall–Kier alpha value is -1.48. The van der Waals surface area contributed by atoms with Crippen LogP contribution in [0, 0.1) is 6.92 Å². The molecule has 0 unspecified atom stereocenters. The number of furan rings is 1. The molecule has 1 aromatic carbocycles. The van der Waals surface area contributed by atoms with Gasteiger partial charge in [-0.2, -0.15) is 0 Å². The van der Waals surface area contributed by atoms with Crippen LogP contribution in [0.25, 0.3) is 11.0 Å². The summed E-state index contributed by atoms with van der Waals surface area (Å²) in [5.41, 5.74) is 1.90. The number of carbonyl (C=O) groups excluding carboxylic acids is 1. The Bertz CT molecular complexity index is 547. The molecule has 90 valence electrons. The first kappa shape index (κ1) is 12.0. The van der Waals surface area contributed by atoms with E-state index in [1.54, 1.807) is 11.9 Å². The van der Waals surface area contributed by atoms with Crippen LogP contribution in [0.15, 0.2) is 28.7 Å². The molecule has 0 aliphatic rings. The van der Waals surface area contributed by atoms with Crippen molar-refractivity contribution < 1.29 is 9.21 Å². The van der Waals surface area contributed by atoms with E-state index in [1.165, 1.54) is 0 Å². The minimum atomic E-state index is -0.0867. The van der Waals surface area contributed by atoms with E-state index < -0.39 is 0 Å². The van der Waals surface area contributed by atoms with Crippen molar-refractivity contribution in [3.63, 3.8) is 0 Å². The first-order chi connectivity index (χ1) is 8.13. The topological polar surface area (TPSA) is 33.5 Å². The van der Waals surface area contributed by atoms with Gasteiger partial charge >= 0.3 is 0 Å². The summed E-state index contributed by atoms with van der Waals surface area (Å²) in [6, 6.07) is 7.82. The van der Waals surface area contributed by atoms with E-state index in [0.29, 0.717) is 6.54 Å². The average molecular weight is 252 g/mol. The van der Waals surface area contributed by atoms with Crippen LogP contribution in [0.1, 0.15) is 11.3 Å². The minimum Gasteiger partial charge on any atom is -0.461 e. The number of carbonyl (C=O) groups is 1. The van der Waals surface area contributed by atoms with Gasteiger partial charge in [0, 0.05) is 24.5 Å². The zero-order valence-corrected chi connectivity index (χ0v) is 10.6. The number of benzene rings is 1. The van der Waals surface area contributed by atoms with Crippen molar-refractivity contribution in [1.29, 1.82) is 0 Å². The molecular formula is C13H14ClNO2. The van der Waals surface area contributed by atoms with E-state index in [0.717, 1.165) is 22.3 Å². The second-order valence-electron chi connectivity index (χ2n) is 4.02. The fourth-order valence-corrected chi connectivity index (χ4v) is 2.05. The smallest absolute Gasteiger partial charge is 0.237 e. The van der Waals surface area contributed by atoms with Gasteiger partial charge < -0.3 is 9.32 Å². The first-order valence-electron chi connectivity index (χ1n) is 5.40. The molecule has 0 saturated heterocycles. The standard InChI is InChI=1S/C13H14ClNO2/c1-9-11(8-15(2)13(16)7-14)10-5-3-4-6-12(10)17-9/h3-6H,7-8H2,1-2H3. The van der Waals surface area contributed by atoms with Gasteiger partial charge in [-0.3, -0.25) is 4.79 Å². The summed E-state index contributed by atoms with van der Waals surface area (Å²) < 4.78 is 5.64. The quantitative estimate of drug-likeness (QED) is 0.786. The Morgan fingerprint density at radius 1 is 1.41 bits per heavy atom. The van der Waals surface area contributed by atoms with Crippen molar-refractivity contribution >= 4 is 28.5 Å². The van der Waals surface area contributed by atoms with Crippen LogP contribution >= 0.6 is 11.6 Å². The third-order valence-electron chi connectivity index (χ3n) is 2.84. The lowest BCUT2D eigenvalue weighted by molar-refractivity contribution is -0.127. The zero-order valence-electron chi connectivity index (χ0n) is 9.87. The maximum Gasteiger partial charge on any atom is 0.237 e. The Labute approximate surface area is 105 Å². The molecule has 0 radical (unpaired) electrons. The van der Waals surface area contributed by atoms with Crippen molar-refractivity contribution in [2.75, 3.05) is 12.9 Å². The van der Waals surface area contributed by atoms with E-state index in [2.05, 4.69) is 0 Å². The molecule has 4 heteroatoms. The Kier molecular flexibility index (Phi) is 3.38. The monoisotopic (exact) mass is 251 g/mol. The summed E-state index contributed by atoms with van der Waals surface area (Å²) in [6.07, 6.45) is 0. The van der Waals surface area contributed by atoms with Crippen LogP contribution in [-0.4, -0.2) is 23.7 Å². The predicted octanol–water partition coefficient (Wildman–Crippen LogP) is 2.94. The summed E-state index contributed by atoms with van der Waals surface area (Å²) in [6.45, 7) is 2.43. The van der Waals surface area contributed by atoms with Crippen molar-refractivity contribution in [1.82, 2.24) is 4.90 Å². The molecule has 2 rings (SSSR count). The summed E-state index contributed by atoms with van der Waals surface area (Å²) in [7, 11) is 1.74. The second kappa shape index (κ2) is 4.80. The number of aryl methyl sites for hydroxylation is 1. The number of rotatable bonds is 3. The van der Waals surface area contributed by atoms with Gasteiger partial charge in [0.15, 0.2) is 0 Å². The molecule has 0 bridgehead atoms. The molecule has 1 heterocycles. The van der Waals surface area contributed by atoms with Gasteiger partial charge in [0.05, 0.1) is 0 Å². The number of hydrogen-bond donors (Lipinski definition) is 0. The first-order valence-corrected chi connectivity index (χ1v) is 5.94. The summed E-state index contributed by atoms with van der Waals surface area (Å²) in [5.74, 6) is 0.766. The normalized spacial score (nSPS) is 10.8. The molecule has 0 aliphatic carbocycles. The molecule has 0 N–H and O–H groups in total. The molecule has 0 saturated carbocycles. The summed E-state index contributed by atoms with van der Waals surface area (Å²) >= 11 is 5.53. The molecule has 0 aliphatic heterocycles. The number of halogens is 1. The van der Waals surface area contributed by atoms with Gasteiger partial charge in [-0.1, -0.05) is 18.2 Å². The van der Waals surface area contributed by atoms with Gasteiger partial charge in [-0.25, -0.2) is 0 Å². The fourth-order valence-electron chi connectivity index (χ4n) is 1.85. The molecule has 3 nitrogen and oxygen atoms in total. The van der Waals surface area contributed by atoms with Crippen molar-refractivity contribution in [2.24, 2.45) is 0 Å². The Morgan fingerprint density at radius 2 is 2.12 bits per heavy atom. The summed E-state index contributed by atoms with van der Waals surface area (Å²) in [4.78, 5) is 13.1. The number of alkyl halides is 1. The zero-order chi connectivity index (χ0) is 12.4. The molecule has 17 heavy (non-hydrogen) atoms. The van der Waals surface area contributed by atoms with E-state index in [4.69, 9.17) is 16.0 Å². The van der Waals surface area contributed by atoms with Gasteiger partial charge in [0.2, 0.25) is 5.91 Å². The molecule has 0 spiro atoms. The van der Waals surface area contributed by atoms with Crippen LogP contribution in [0.5, 0.6) is 0 Å². The maximum atomic E-state index is 11.4. The van der Waals surface area contributed by atoms with E-state index >= 15 is 0 Å². The predicted molar refractivity (Wildman–Crippen MR) is 68.1 cm³/mol. The third-order valence-corrected chi connectivity index (χ3v) is 3.06. The van der Waals surface area contributed by atoms with Gasteiger partial charge in [0.25, 0.3) is 0 Å². The average Bonchev–Trinajstić information content (AvgIpc) is 2.65. The summed E-state index contributed by atoms with van der Waals surface area (Å²) in [5, 5.41) is 1.05. The van der Waals surface area contributed by atoms with Crippen LogP contribution in [0.4, 0.5) is 0 Å². The Morgan fingerprint density at radius 3 is 2.82 bits per heavy atom. The SMILES string of the molecule is Cc1oc2ccccc2c1CN(C)C(=O)CCl. The molecule has 0 atom stereocenters. The van der Waals surface area contributed by atoms with Gasteiger partial charge in [-0.15, -0.1) is 11.6 Å². The highest BCUT2D eigenvalue weighted by atomic mass is 35.5. The molecular weight excluding hydrogens is 238 g/mol. The van der Waals surface area contributed by atoms with E-state index in [1.807, 2.05) is 31.2 Å². The fraction of sp³-hybridized carbons (Fsp3) is 0.308. The highest BCUT2D eigenvalue weighted by Crippen LogP contribution is 2.26. The lowest BCUT2D eigenvalue weighted by Gasteiger charge is -2.15. The van der Waals surface area contributed by atoms with Crippen molar-refractivity contribution in [3.8, 4) is 0 Å². The third kappa shape index (κ3) is 2.29. The second-order valence-corrected chi connectivity index (χ2v) is 4.28. The highest BCUT2D eigenvalue weighted by molar-refractivity contribution is 6.27. The molecule has 1 amide bonds. The highest BCUT2D eigenvalue weighted by Gasteiger charge is 2.14. The van der Waals surface area contributed by atoms with Crippen LogP contribution in [0.3, 0.4) is 0 Å². The Balaban J connectivity index is 2.35. The van der Waals surface area contributed by atoms with Crippen LogP contribution in [0.2, 0.25) is 0 Å². The minimum absolute atomic E-state index is 0.00529. The maximum absolute atomic E-state index is 11.4. The molecule has 1 aromatic heterocycles. The van der Waals surface area contributed by atoms with E-state index in [9.17, 15) is 4.79 Å². The van der Waals surface area contributed by atoms with Crippen LogP contribution in [-0.2, 0) is 11.3 Å². The number of para-hydroxylation sites is 1. The number of nitrogens with zero attached hydrogens (tertiary/aromatic N) is 1.